The summed E-state index contributed by atoms with van der Waals surface area (Å²) in [6.45, 7) is 1.85. The fourth-order valence-electron chi connectivity index (χ4n) is 2.77. The fourth-order valence-corrected chi connectivity index (χ4v) is 3.31. The van der Waals surface area contributed by atoms with Crippen LogP contribution in [-0.4, -0.2) is 18.1 Å². The van der Waals surface area contributed by atoms with E-state index in [0.717, 1.165) is 21.5 Å². The van der Waals surface area contributed by atoms with Crippen LogP contribution >= 0.6 is 28.1 Å². The van der Waals surface area contributed by atoms with E-state index < -0.39 is 0 Å². The Morgan fingerprint density at radius 2 is 1.81 bits per heavy atom. The molecule has 2 aromatic carbocycles. The Morgan fingerprint density at radius 3 is 2.42 bits per heavy atom. The summed E-state index contributed by atoms with van der Waals surface area (Å²) in [4.78, 5) is 13.0. The highest BCUT2D eigenvalue weighted by atomic mass is 79.9. The molecule has 0 aliphatic carbocycles. The van der Waals surface area contributed by atoms with Crippen LogP contribution in [0.5, 0.6) is 5.75 Å². The number of halogens is 1. The molecule has 7 heteroatoms. The molecular weight excluding hydrogens is 414 g/mol. The SMILES string of the molecule is COc1ccc(NC(=O)C2=C(C)NC(=S)N[C@H]2c2ccc(Br)cc2)cc1. The summed E-state index contributed by atoms with van der Waals surface area (Å²) in [5.74, 6) is 0.542. The van der Waals surface area contributed by atoms with Crippen LogP contribution in [0.4, 0.5) is 5.69 Å². The zero-order valence-electron chi connectivity index (χ0n) is 14.3. The number of carbonyl (C=O) groups excluding carboxylic acids is 1. The van der Waals surface area contributed by atoms with E-state index in [1.165, 1.54) is 0 Å². The van der Waals surface area contributed by atoms with E-state index in [-0.39, 0.29) is 11.9 Å². The second kappa shape index (κ2) is 7.88. The van der Waals surface area contributed by atoms with E-state index in [4.69, 9.17) is 17.0 Å². The summed E-state index contributed by atoms with van der Waals surface area (Å²) in [6, 6.07) is 14.7. The number of anilines is 1. The molecule has 0 saturated heterocycles. The standard InChI is InChI=1S/C19H18BrN3O2S/c1-11-16(18(24)22-14-7-9-15(25-2)10-8-14)17(23-19(26)21-11)12-3-5-13(20)6-4-12/h3-10,17H,1-2H3,(H,22,24)(H2,21,23,26)/t17-/m0/s1. The van der Waals surface area contributed by atoms with Gasteiger partial charge in [-0.2, -0.15) is 0 Å². The molecule has 134 valence electrons. The number of hydrogen-bond donors (Lipinski definition) is 3. The van der Waals surface area contributed by atoms with E-state index in [1.54, 1.807) is 31.4 Å². The molecule has 0 bridgehead atoms. The van der Waals surface area contributed by atoms with Gasteiger partial charge in [-0.25, -0.2) is 0 Å². The highest BCUT2D eigenvalue weighted by molar-refractivity contribution is 9.10. The van der Waals surface area contributed by atoms with Crippen LogP contribution in [0.2, 0.25) is 0 Å². The molecule has 0 unspecified atom stereocenters. The monoisotopic (exact) mass is 431 g/mol. The topological polar surface area (TPSA) is 62.4 Å². The summed E-state index contributed by atoms with van der Waals surface area (Å²) in [5.41, 5.74) is 2.97. The van der Waals surface area contributed by atoms with Crippen molar-refractivity contribution >= 4 is 44.9 Å². The van der Waals surface area contributed by atoms with Gasteiger partial charge in [0, 0.05) is 15.9 Å². The Bertz CT molecular complexity index is 863. The molecule has 0 radical (unpaired) electrons. The number of methoxy groups -OCH3 is 1. The van der Waals surface area contributed by atoms with Crippen molar-refractivity contribution in [2.24, 2.45) is 0 Å². The quantitative estimate of drug-likeness (QED) is 0.640. The van der Waals surface area contributed by atoms with E-state index in [1.807, 2.05) is 31.2 Å². The zero-order chi connectivity index (χ0) is 18.7. The van der Waals surface area contributed by atoms with Gasteiger partial charge in [0.15, 0.2) is 5.11 Å². The number of rotatable bonds is 4. The van der Waals surface area contributed by atoms with Crippen LogP contribution in [0.15, 0.2) is 64.3 Å². The maximum absolute atomic E-state index is 13.0. The summed E-state index contributed by atoms with van der Waals surface area (Å²) in [7, 11) is 1.60. The van der Waals surface area contributed by atoms with Gasteiger partial charge in [0.05, 0.1) is 18.7 Å². The Hall–Kier alpha value is -2.38. The minimum absolute atomic E-state index is 0.192. The molecule has 3 N–H and O–H groups in total. The molecule has 0 saturated carbocycles. The first-order chi connectivity index (χ1) is 12.5. The third kappa shape index (κ3) is 4.05. The van der Waals surface area contributed by atoms with Gasteiger partial charge in [0.1, 0.15) is 5.75 Å². The molecular formula is C19H18BrN3O2S. The lowest BCUT2D eigenvalue weighted by Crippen LogP contribution is -2.45. The largest absolute Gasteiger partial charge is 0.497 e. The molecule has 1 atom stereocenters. The Morgan fingerprint density at radius 1 is 1.15 bits per heavy atom. The number of benzene rings is 2. The van der Waals surface area contributed by atoms with Crippen LogP contribution in [0.3, 0.4) is 0 Å². The number of ether oxygens (including phenoxy) is 1. The van der Waals surface area contributed by atoms with Crippen molar-refractivity contribution in [3.8, 4) is 5.75 Å². The second-order valence-corrected chi connectivity index (χ2v) is 7.13. The number of nitrogens with one attached hydrogen (secondary N) is 3. The Labute approximate surface area is 165 Å². The maximum Gasteiger partial charge on any atom is 0.255 e. The van der Waals surface area contributed by atoms with Crippen molar-refractivity contribution in [2.45, 2.75) is 13.0 Å². The van der Waals surface area contributed by atoms with Gasteiger partial charge >= 0.3 is 0 Å². The molecule has 2 aromatic rings. The number of thiocarbonyl (C=S) groups is 1. The summed E-state index contributed by atoms with van der Waals surface area (Å²) in [5, 5.41) is 9.65. The van der Waals surface area contributed by atoms with Crippen LogP contribution in [0.1, 0.15) is 18.5 Å². The first kappa shape index (κ1) is 18.4. The van der Waals surface area contributed by atoms with Crippen molar-refractivity contribution in [2.75, 3.05) is 12.4 Å². The van der Waals surface area contributed by atoms with Crippen LogP contribution < -0.4 is 20.7 Å². The molecule has 5 nitrogen and oxygen atoms in total. The smallest absolute Gasteiger partial charge is 0.255 e. The highest BCUT2D eigenvalue weighted by Gasteiger charge is 2.29. The number of amides is 1. The highest BCUT2D eigenvalue weighted by Crippen LogP contribution is 2.29. The van der Waals surface area contributed by atoms with Gasteiger partial charge in [-0.15, -0.1) is 0 Å². The van der Waals surface area contributed by atoms with Crippen molar-refractivity contribution in [1.82, 2.24) is 10.6 Å². The van der Waals surface area contributed by atoms with Crippen LogP contribution in [0.25, 0.3) is 0 Å². The normalized spacial score (nSPS) is 16.6. The number of carbonyl (C=O) groups is 1. The van der Waals surface area contributed by atoms with E-state index in [2.05, 4.69) is 31.9 Å². The Kier molecular flexibility index (Phi) is 5.58. The molecule has 0 aromatic heterocycles. The van der Waals surface area contributed by atoms with E-state index in [0.29, 0.717) is 16.4 Å². The van der Waals surface area contributed by atoms with Crippen LogP contribution in [0, 0.1) is 0 Å². The third-order valence-electron chi connectivity index (χ3n) is 4.06. The molecule has 1 aliphatic rings. The van der Waals surface area contributed by atoms with Gasteiger partial charge in [0.2, 0.25) is 0 Å². The lowest BCUT2D eigenvalue weighted by atomic mass is 9.95. The summed E-state index contributed by atoms with van der Waals surface area (Å²) in [6.07, 6.45) is 0. The average molecular weight is 432 g/mol. The first-order valence-corrected chi connectivity index (χ1v) is 9.17. The fraction of sp³-hybridized carbons (Fsp3) is 0.158. The number of hydrogen-bond acceptors (Lipinski definition) is 3. The average Bonchev–Trinajstić information content (AvgIpc) is 2.62. The Balaban J connectivity index is 1.89. The van der Waals surface area contributed by atoms with Gasteiger partial charge in [-0.1, -0.05) is 28.1 Å². The summed E-state index contributed by atoms with van der Waals surface area (Å²) >= 11 is 8.70. The molecule has 26 heavy (non-hydrogen) atoms. The summed E-state index contributed by atoms with van der Waals surface area (Å²) < 4.78 is 6.12. The van der Waals surface area contributed by atoms with Gasteiger partial charge in [-0.3, -0.25) is 4.79 Å². The van der Waals surface area contributed by atoms with Crippen LogP contribution in [-0.2, 0) is 4.79 Å². The van der Waals surface area contributed by atoms with Gasteiger partial charge < -0.3 is 20.7 Å². The molecule has 3 rings (SSSR count). The van der Waals surface area contributed by atoms with Crippen molar-refractivity contribution < 1.29 is 9.53 Å². The minimum atomic E-state index is -0.324. The lowest BCUT2D eigenvalue weighted by Gasteiger charge is -2.30. The predicted octanol–water partition coefficient (Wildman–Crippen LogP) is 3.89. The van der Waals surface area contributed by atoms with Crippen molar-refractivity contribution in [1.29, 1.82) is 0 Å². The number of allylic oxidation sites excluding steroid dienone is 1. The predicted molar refractivity (Wildman–Crippen MR) is 110 cm³/mol. The van der Waals surface area contributed by atoms with Crippen molar-refractivity contribution in [3.63, 3.8) is 0 Å². The van der Waals surface area contributed by atoms with Gasteiger partial charge in [0.25, 0.3) is 5.91 Å². The maximum atomic E-state index is 13.0. The molecule has 1 aliphatic heterocycles. The van der Waals surface area contributed by atoms with E-state index >= 15 is 0 Å². The lowest BCUT2D eigenvalue weighted by molar-refractivity contribution is -0.113. The van der Waals surface area contributed by atoms with E-state index in [9.17, 15) is 4.79 Å². The second-order valence-electron chi connectivity index (χ2n) is 5.80. The first-order valence-electron chi connectivity index (χ1n) is 7.97. The molecule has 1 amide bonds. The molecule has 1 heterocycles. The molecule has 0 spiro atoms. The molecule has 0 fully saturated rings. The third-order valence-corrected chi connectivity index (χ3v) is 4.81. The minimum Gasteiger partial charge on any atom is -0.497 e. The van der Waals surface area contributed by atoms with Crippen molar-refractivity contribution in [3.05, 3.63) is 69.8 Å². The zero-order valence-corrected chi connectivity index (χ0v) is 16.7. The van der Waals surface area contributed by atoms with Gasteiger partial charge in [-0.05, 0) is 61.1 Å².